The number of benzene rings is 1. The topological polar surface area (TPSA) is 12.0 Å². The molecule has 0 heterocycles. The van der Waals surface area contributed by atoms with Gasteiger partial charge in [0.25, 0.3) is 0 Å². The van der Waals surface area contributed by atoms with Crippen LogP contribution in [0.4, 0.5) is 10.1 Å². The number of rotatable bonds is 3. The zero-order valence-corrected chi connectivity index (χ0v) is 6.31. The SMILES string of the molecule is [CH2]CCNc1ccc(F)cc1. The Kier molecular flexibility index (Phi) is 2.90. The van der Waals surface area contributed by atoms with Crippen LogP contribution in [0.2, 0.25) is 0 Å². The smallest absolute Gasteiger partial charge is 0.123 e. The highest BCUT2D eigenvalue weighted by Gasteiger charge is 1.89. The Bertz CT molecular complexity index is 205. The molecule has 1 aromatic rings. The second-order valence-electron chi connectivity index (χ2n) is 2.29. The molecule has 1 rings (SSSR count). The third-order valence-corrected chi connectivity index (χ3v) is 1.35. The summed E-state index contributed by atoms with van der Waals surface area (Å²) in [7, 11) is 0. The summed E-state index contributed by atoms with van der Waals surface area (Å²) in [4.78, 5) is 0. The number of nitrogens with one attached hydrogen (secondary N) is 1. The van der Waals surface area contributed by atoms with Crippen molar-refractivity contribution in [3.05, 3.63) is 37.0 Å². The van der Waals surface area contributed by atoms with Gasteiger partial charge in [-0.15, -0.1) is 0 Å². The molecule has 0 unspecified atom stereocenters. The molecule has 59 valence electrons. The molecule has 1 N–H and O–H groups in total. The van der Waals surface area contributed by atoms with Gasteiger partial charge in [-0.3, -0.25) is 0 Å². The predicted molar refractivity (Wildman–Crippen MR) is 44.9 cm³/mol. The molecule has 0 spiro atoms. The summed E-state index contributed by atoms with van der Waals surface area (Å²) in [5.41, 5.74) is 0.940. The van der Waals surface area contributed by atoms with E-state index in [1.165, 1.54) is 12.1 Å². The van der Waals surface area contributed by atoms with Crippen LogP contribution >= 0.6 is 0 Å². The zero-order valence-electron chi connectivity index (χ0n) is 6.31. The molecule has 0 amide bonds. The van der Waals surface area contributed by atoms with Gasteiger partial charge >= 0.3 is 0 Å². The molecule has 1 nitrogen and oxygen atoms in total. The van der Waals surface area contributed by atoms with Crippen molar-refractivity contribution in [2.24, 2.45) is 0 Å². The van der Waals surface area contributed by atoms with Crippen molar-refractivity contribution in [3.63, 3.8) is 0 Å². The molecule has 0 atom stereocenters. The number of anilines is 1. The Morgan fingerprint density at radius 1 is 1.27 bits per heavy atom. The second kappa shape index (κ2) is 3.96. The number of halogens is 1. The summed E-state index contributed by atoms with van der Waals surface area (Å²) in [5, 5.41) is 3.09. The minimum Gasteiger partial charge on any atom is -0.385 e. The van der Waals surface area contributed by atoms with Gasteiger partial charge in [0.15, 0.2) is 0 Å². The van der Waals surface area contributed by atoms with Gasteiger partial charge in [-0.25, -0.2) is 4.39 Å². The van der Waals surface area contributed by atoms with Crippen molar-refractivity contribution < 1.29 is 4.39 Å². The molecule has 1 aromatic carbocycles. The second-order valence-corrected chi connectivity index (χ2v) is 2.29. The van der Waals surface area contributed by atoms with Crippen LogP contribution in [0.3, 0.4) is 0 Å². The molecule has 0 aliphatic carbocycles. The van der Waals surface area contributed by atoms with E-state index in [4.69, 9.17) is 0 Å². The van der Waals surface area contributed by atoms with Crippen molar-refractivity contribution in [2.45, 2.75) is 6.42 Å². The first kappa shape index (κ1) is 8.05. The van der Waals surface area contributed by atoms with Crippen molar-refractivity contribution in [1.82, 2.24) is 0 Å². The van der Waals surface area contributed by atoms with Crippen molar-refractivity contribution in [1.29, 1.82) is 0 Å². The maximum Gasteiger partial charge on any atom is 0.123 e. The molecule has 0 saturated carbocycles. The van der Waals surface area contributed by atoms with Gasteiger partial charge < -0.3 is 5.32 Å². The normalized spacial score (nSPS) is 9.64. The highest BCUT2D eigenvalue weighted by atomic mass is 19.1. The number of hydrogen-bond acceptors (Lipinski definition) is 1. The highest BCUT2D eigenvalue weighted by Crippen LogP contribution is 2.07. The largest absolute Gasteiger partial charge is 0.385 e. The fourth-order valence-electron chi connectivity index (χ4n) is 0.800. The Morgan fingerprint density at radius 2 is 1.91 bits per heavy atom. The van der Waals surface area contributed by atoms with Gasteiger partial charge in [-0.2, -0.15) is 0 Å². The van der Waals surface area contributed by atoms with Crippen LogP contribution in [0.15, 0.2) is 24.3 Å². The van der Waals surface area contributed by atoms with E-state index in [0.29, 0.717) is 0 Å². The van der Waals surface area contributed by atoms with Gasteiger partial charge in [-0.05, 0) is 30.7 Å². The molecule has 1 radical (unpaired) electrons. The molecule has 0 aliphatic heterocycles. The van der Waals surface area contributed by atoms with E-state index in [9.17, 15) is 4.39 Å². The van der Waals surface area contributed by atoms with Crippen LogP contribution in [-0.2, 0) is 0 Å². The summed E-state index contributed by atoms with van der Waals surface area (Å²) < 4.78 is 12.4. The molecule has 0 bridgehead atoms. The minimum atomic E-state index is -0.204. The van der Waals surface area contributed by atoms with Crippen LogP contribution in [-0.4, -0.2) is 6.54 Å². The summed E-state index contributed by atoms with van der Waals surface area (Å²) in [6, 6.07) is 6.30. The van der Waals surface area contributed by atoms with Crippen molar-refractivity contribution in [2.75, 3.05) is 11.9 Å². The molecular formula is C9H11FN. The lowest BCUT2D eigenvalue weighted by molar-refractivity contribution is 0.628. The standard InChI is InChI=1S/C9H11FN/c1-2-7-11-9-5-3-8(10)4-6-9/h3-6,11H,1-2,7H2. The van der Waals surface area contributed by atoms with Crippen LogP contribution < -0.4 is 5.32 Å². The molecule has 0 saturated heterocycles. The summed E-state index contributed by atoms with van der Waals surface area (Å²) in [5.74, 6) is -0.204. The molecule has 11 heavy (non-hydrogen) atoms. The van der Waals surface area contributed by atoms with E-state index < -0.39 is 0 Å². The minimum absolute atomic E-state index is 0.204. The van der Waals surface area contributed by atoms with E-state index in [0.717, 1.165) is 18.7 Å². The molecular weight excluding hydrogens is 141 g/mol. The van der Waals surface area contributed by atoms with Gasteiger partial charge in [0.1, 0.15) is 5.82 Å². The van der Waals surface area contributed by atoms with Crippen LogP contribution in [0, 0.1) is 12.7 Å². The first-order chi connectivity index (χ1) is 5.33. The van der Waals surface area contributed by atoms with Gasteiger partial charge in [0, 0.05) is 12.2 Å². The van der Waals surface area contributed by atoms with Gasteiger partial charge in [0.05, 0.1) is 0 Å². The molecule has 0 fully saturated rings. The van der Waals surface area contributed by atoms with E-state index in [-0.39, 0.29) is 5.82 Å². The molecule has 0 aromatic heterocycles. The average Bonchev–Trinajstić information content (AvgIpc) is 2.04. The van der Waals surface area contributed by atoms with Crippen molar-refractivity contribution in [3.8, 4) is 0 Å². The van der Waals surface area contributed by atoms with Crippen molar-refractivity contribution >= 4 is 5.69 Å². The third-order valence-electron chi connectivity index (χ3n) is 1.35. The fourth-order valence-corrected chi connectivity index (χ4v) is 0.800. The molecule has 2 heteroatoms. The van der Waals surface area contributed by atoms with E-state index in [1.807, 2.05) is 0 Å². The monoisotopic (exact) mass is 152 g/mol. The van der Waals surface area contributed by atoms with E-state index >= 15 is 0 Å². The third kappa shape index (κ3) is 2.58. The van der Waals surface area contributed by atoms with Gasteiger partial charge in [0.2, 0.25) is 0 Å². The first-order valence-corrected chi connectivity index (χ1v) is 3.61. The quantitative estimate of drug-likeness (QED) is 0.701. The lowest BCUT2D eigenvalue weighted by Crippen LogP contribution is -1.98. The first-order valence-electron chi connectivity index (χ1n) is 3.61. The summed E-state index contributed by atoms with van der Waals surface area (Å²) in [6.07, 6.45) is 0.831. The zero-order chi connectivity index (χ0) is 8.10. The summed E-state index contributed by atoms with van der Waals surface area (Å²) >= 11 is 0. The lowest BCUT2D eigenvalue weighted by Gasteiger charge is -2.02. The van der Waals surface area contributed by atoms with Gasteiger partial charge in [-0.1, -0.05) is 6.92 Å². The van der Waals surface area contributed by atoms with Crippen LogP contribution in [0.1, 0.15) is 6.42 Å². The summed E-state index contributed by atoms with van der Waals surface area (Å²) in [6.45, 7) is 4.51. The maximum atomic E-state index is 12.4. The van der Waals surface area contributed by atoms with E-state index in [2.05, 4.69) is 12.2 Å². The van der Waals surface area contributed by atoms with Crippen LogP contribution in [0.5, 0.6) is 0 Å². The van der Waals surface area contributed by atoms with Crippen LogP contribution in [0.25, 0.3) is 0 Å². The Labute approximate surface area is 66.2 Å². The Hall–Kier alpha value is -1.05. The fraction of sp³-hybridized carbons (Fsp3) is 0.222. The number of hydrogen-bond donors (Lipinski definition) is 1. The predicted octanol–water partition coefficient (Wildman–Crippen LogP) is 2.46. The maximum absolute atomic E-state index is 12.4. The molecule has 0 aliphatic rings. The Morgan fingerprint density at radius 3 is 2.45 bits per heavy atom. The average molecular weight is 152 g/mol. The highest BCUT2D eigenvalue weighted by molar-refractivity contribution is 5.42. The lowest BCUT2D eigenvalue weighted by atomic mass is 10.3. The Balaban J connectivity index is 2.52. The van der Waals surface area contributed by atoms with E-state index in [1.54, 1.807) is 12.1 Å².